The van der Waals surface area contributed by atoms with Crippen LogP contribution >= 0.6 is 0 Å². The highest BCUT2D eigenvalue weighted by Gasteiger charge is 2.09. The summed E-state index contributed by atoms with van der Waals surface area (Å²) in [5, 5.41) is 32.5. The summed E-state index contributed by atoms with van der Waals surface area (Å²) in [7, 11) is 0. The lowest BCUT2D eigenvalue weighted by Gasteiger charge is -2.11. The molecule has 2 heterocycles. The van der Waals surface area contributed by atoms with Gasteiger partial charge < -0.3 is 16.0 Å². The molecule has 19 heavy (non-hydrogen) atoms. The molecular formula is C8H15N7O4. The number of hydrogen-bond donors (Lipinski definition) is 3. The van der Waals surface area contributed by atoms with E-state index in [1.165, 1.54) is 0 Å². The van der Waals surface area contributed by atoms with Crippen LogP contribution in [0.2, 0.25) is 0 Å². The van der Waals surface area contributed by atoms with Crippen LogP contribution < -0.4 is 16.0 Å². The first kappa shape index (κ1) is 14.6. The summed E-state index contributed by atoms with van der Waals surface area (Å²) in [6.07, 6.45) is 2.79. The third-order valence-corrected chi connectivity index (χ3v) is 2.26. The predicted octanol–water partition coefficient (Wildman–Crippen LogP) is -0.923. The van der Waals surface area contributed by atoms with Crippen molar-refractivity contribution >= 4 is 11.8 Å². The van der Waals surface area contributed by atoms with Gasteiger partial charge in [-0.2, -0.15) is 0 Å². The summed E-state index contributed by atoms with van der Waals surface area (Å²) in [5.74, 6) is 0.760. The number of rotatable bonds is 2. The number of nitrogens with zero attached hydrogens (tertiary/aromatic N) is 4. The number of hydrazone groups is 2. The van der Waals surface area contributed by atoms with Crippen LogP contribution in [0.4, 0.5) is 0 Å². The average Bonchev–Trinajstić information content (AvgIpc) is 2.82. The van der Waals surface area contributed by atoms with Crippen LogP contribution in [0.1, 0.15) is 19.3 Å². The molecule has 0 spiro atoms. The van der Waals surface area contributed by atoms with Crippen LogP contribution in [0.15, 0.2) is 10.2 Å². The largest absolute Gasteiger partial charge is 0.368 e. The first-order valence-electron chi connectivity index (χ1n) is 5.74. The zero-order valence-electron chi connectivity index (χ0n) is 10.2. The summed E-state index contributed by atoms with van der Waals surface area (Å²) in [6, 6.07) is 0. The third-order valence-electron chi connectivity index (χ3n) is 2.26. The van der Waals surface area contributed by atoms with Crippen molar-refractivity contribution in [1.82, 2.24) is 16.0 Å². The second-order valence-electron chi connectivity index (χ2n) is 3.71. The Labute approximate surface area is 108 Å². The van der Waals surface area contributed by atoms with Gasteiger partial charge in [0.2, 0.25) is 0 Å². The summed E-state index contributed by atoms with van der Waals surface area (Å²) in [6.45, 7) is 2.21. The van der Waals surface area contributed by atoms with Crippen molar-refractivity contribution in [3.63, 3.8) is 0 Å². The van der Waals surface area contributed by atoms with Gasteiger partial charge in [0.15, 0.2) is 15.9 Å². The molecule has 0 aromatic heterocycles. The van der Waals surface area contributed by atoms with Crippen LogP contribution in [-0.2, 0) is 0 Å². The molecule has 2 aliphatic heterocycles. The van der Waals surface area contributed by atoms with Gasteiger partial charge in [0.1, 0.15) is 5.10 Å². The molecule has 0 atom stereocenters. The lowest BCUT2D eigenvalue weighted by atomic mass is 10.2. The molecule has 0 saturated carbocycles. The number of nitro groups is 2. The summed E-state index contributed by atoms with van der Waals surface area (Å²) >= 11 is 0. The molecule has 106 valence electrons. The molecule has 0 radical (unpaired) electrons. The minimum Gasteiger partial charge on any atom is -0.368 e. The summed E-state index contributed by atoms with van der Waals surface area (Å²) < 4.78 is 0. The van der Waals surface area contributed by atoms with Crippen molar-refractivity contribution in [3.05, 3.63) is 20.2 Å². The van der Waals surface area contributed by atoms with E-state index in [-0.39, 0.29) is 5.96 Å². The van der Waals surface area contributed by atoms with Crippen LogP contribution in [0.25, 0.3) is 0 Å². The van der Waals surface area contributed by atoms with E-state index < -0.39 is 10.1 Å². The van der Waals surface area contributed by atoms with Crippen molar-refractivity contribution < 1.29 is 10.1 Å². The molecule has 11 heteroatoms. The van der Waals surface area contributed by atoms with E-state index in [1.54, 1.807) is 0 Å². The van der Waals surface area contributed by atoms with Gasteiger partial charge in [-0.25, -0.2) is 20.2 Å². The van der Waals surface area contributed by atoms with Crippen molar-refractivity contribution in [1.29, 1.82) is 0 Å². The molecule has 0 aromatic carbocycles. The highest BCUT2D eigenvalue weighted by molar-refractivity contribution is 5.82. The second kappa shape index (κ2) is 7.79. The van der Waals surface area contributed by atoms with Gasteiger partial charge in [0.25, 0.3) is 5.96 Å². The van der Waals surface area contributed by atoms with Gasteiger partial charge in [-0.3, -0.25) is 0 Å². The maximum absolute atomic E-state index is 9.85. The Balaban J connectivity index is 0.000000191. The molecule has 0 bridgehead atoms. The molecule has 2 rings (SSSR count). The van der Waals surface area contributed by atoms with Gasteiger partial charge in [-0.15, -0.1) is 0 Å². The van der Waals surface area contributed by atoms with Crippen LogP contribution in [0, 0.1) is 20.2 Å². The zero-order chi connectivity index (χ0) is 14.1. The van der Waals surface area contributed by atoms with Crippen molar-refractivity contribution in [3.8, 4) is 0 Å². The number of amidine groups is 1. The monoisotopic (exact) mass is 273 g/mol. The zero-order valence-corrected chi connectivity index (χ0v) is 10.2. The molecule has 0 aromatic rings. The normalized spacial score (nSPS) is 19.4. The summed E-state index contributed by atoms with van der Waals surface area (Å²) in [5.41, 5.74) is 0. The maximum atomic E-state index is 9.85. The second-order valence-corrected chi connectivity index (χ2v) is 3.71. The lowest BCUT2D eigenvalue weighted by Crippen LogP contribution is -2.29. The third kappa shape index (κ3) is 6.75. The maximum Gasteiger partial charge on any atom is 0.268 e. The van der Waals surface area contributed by atoms with Crippen LogP contribution in [-0.4, -0.2) is 41.5 Å². The van der Waals surface area contributed by atoms with E-state index in [0.29, 0.717) is 25.3 Å². The van der Waals surface area contributed by atoms with Gasteiger partial charge in [0.05, 0.1) is 5.10 Å². The van der Waals surface area contributed by atoms with Crippen molar-refractivity contribution in [2.75, 3.05) is 19.6 Å². The average molecular weight is 273 g/mol. The molecule has 2 aliphatic rings. The first-order valence-corrected chi connectivity index (χ1v) is 5.74. The van der Waals surface area contributed by atoms with Crippen LogP contribution in [0.5, 0.6) is 0 Å². The molecule has 2 fully saturated rings. The molecule has 11 nitrogen and oxygen atoms in total. The van der Waals surface area contributed by atoms with E-state index >= 15 is 0 Å². The fourth-order valence-electron chi connectivity index (χ4n) is 1.50. The number of guanidine groups is 1. The minimum absolute atomic E-state index is 0.250. The standard InChI is InChI=1S/C5H9N3O2.C3H6N4O2/c9-8(10)7-5-3-1-2-4-6-5;8-7(9)6-3-4-1-2-5-3/h1-4H2,(H,6,7);1-2H2,(H2,4,5,6). The van der Waals surface area contributed by atoms with Gasteiger partial charge in [0, 0.05) is 26.1 Å². The molecule has 0 amide bonds. The van der Waals surface area contributed by atoms with E-state index in [4.69, 9.17) is 0 Å². The van der Waals surface area contributed by atoms with E-state index in [9.17, 15) is 20.2 Å². The van der Waals surface area contributed by atoms with E-state index in [2.05, 4.69) is 26.2 Å². The predicted molar refractivity (Wildman–Crippen MR) is 66.7 cm³/mol. The van der Waals surface area contributed by atoms with Crippen molar-refractivity contribution in [2.24, 2.45) is 10.2 Å². The Morgan fingerprint density at radius 1 is 0.895 bits per heavy atom. The molecule has 0 unspecified atom stereocenters. The first-order chi connectivity index (χ1) is 9.08. The SMILES string of the molecule is O=[N+]([O-])N=C1CCCCN1.O=[N+]([O-])N=C1NCCN1. The lowest BCUT2D eigenvalue weighted by molar-refractivity contribution is -0.485. The minimum atomic E-state index is -0.735. The quantitative estimate of drug-likeness (QED) is 0.435. The Bertz CT molecular complexity index is 379. The Hall–Kier alpha value is -2.46. The highest BCUT2D eigenvalue weighted by atomic mass is 16.7. The molecule has 2 saturated heterocycles. The van der Waals surface area contributed by atoms with E-state index in [0.717, 1.165) is 19.4 Å². The number of hydrogen-bond acceptors (Lipinski definition) is 4. The summed E-state index contributed by atoms with van der Waals surface area (Å²) in [4.78, 5) is 19.5. The van der Waals surface area contributed by atoms with Gasteiger partial charge in [-0.05, 0) is 12.8 Å². The topological polar surface area (TPSA) is 147 Å². The molecular weight excluding hydrogens is 258 g/mol. The number of nitrogens with one attached hydrogen (secondary N) is 3. The smallest absolute Gasteiger partial charge is 0.268 e. The van der Waals surface area contributed by atoms with Crippen LogP contribution in [0.3, 0.4) is 0 Å². The Morgan fingerprint density at radius 3 is 2.00 bits per heavy atom. The molecule has 3 N–H and O–H groups in total. The van der Waals surface area contributed by atoms with Gasteiger partial charge >= 0.3 is 0 Å². The number of piperidine rings is 1. The Kier molecular flexibility index (Phi) is 5.98. The fraction of sp³-hybridized carbons (Fsp3) is 0.750. The molecule has 0 aliphatic carbocycles. The fourth-order valence-corrected chi connectivity index (χ4v) is 1.50. The van der Waals surface area contributed by atoms with Crippen molar-refractivity contribution in [2.45, 2.75) is 19.3 Å². The van der Waals surface area contributed by atoms with Gasteiger partial charge in [-0.1, -0.05) is 0 Å². The highest BCUT2D eigenvalue weighted by Crippen LogP contribution is 2.01. The van der Waals surface area contributed by atoms with E-state index in [1.807, 2.05) is 0 Å². The Morgan fingerprint density at radius 2 is 1.53 bits per heavy atom.